The Kier molecular flexibility index (Phi) is 7.21. The fourth-order valence-corrected chi connectivity index (χ4v) is 4.31. The van der Waals surface area contributed by atoms with E-state index in [1.807, 2.05) is 0 Å². The van der Waals surface area contributed by atoms with Crippen LogP contribution in [0.15, 0.2) is 65.8 Å². The van der Waals surface area contributed by atoms with Gasteiger partial charge in [0.05, 0.1) is 25.3 Å². The van der Waals surface area contributed by atoms with Crippen LogP contribution in [-0.2, 0) is 11.2 Å². The summed E-state index contributed by atoms with van der Waals surface area (Å²) >= 11 is 6.47. The van der Waals surface area contributed by atoms with Crippen LogP contribution in [0, 0.1) is 5.82 Å². The number of halogens is 5. The van der Waals surface area contributed by atoms with Crippen LogP contribution in [0.2, 0.25) is 5.02 Å². The monoisotopic (exact) mass is 520 g/mol. The van der Waals surface area contributed by atoms with Gasteiger partial charge in [-0.3, -0.25) is 9.80 Å². The van der Waals surface area contributed by atoms with E-state index in [0.29, 0.717) is 34.0 Å². The van der Waals surface area contributed by atoms with Crippen molar-refractivity contribution in [3.8, 4) is 16.9 Å². The van der Waals surface area contributed by atoms with Crippen LogP contribution in [0.4, 0.5) is 23.2 Å². The van der Waals surface area contributed by atoms with Gasteiger partial charge >= 0.3 is 12.1 Å². The standard InChI is InChI=1S/C26H21ClF4N2O3/c1-36-20-8-9-23(28)21(14-20)16-4-5-17(22(27)11-16)10-15-2-6-18(7-3-15)33-19(13-25(34)35)12-24(32-33)26(29,30)31/h2-9,11,14,19H,10,12-13H2,1H3,(H,34,35). The second-order valence-electron chi connectivity index (χ2n) is 8.34. The molecule has 0 spiro atoms. The van der Waals surface area contributed by atoms with Crippen LogP contribution in [0.1, 0.15) is 24.0 Å². The summed E-state index contributed by atoms with van der Waals surface area (Å²) < 4.78 is 59.0. The van der Waals surface area contributed by atoms with Gasteiger partial charge in [0.25, 0.3) is 0 Å². The maximum absolute atomic E-state index is 14.3. The maximum Gasteiger partial charge on any atom is 0.431 e. The molecule has 3 aromatic carbocycles. The van der Waals surface area contributed by atoms with E-state index < -0.39 is 42.6 Å². The van der Waals surface area contributed by atoms with E-state index in [0.717, 1.165) is 16.1 Å². The number of hydrazone groups is 1. The summed E-state index contributed by atoms with van der Waals surface area (Å²) in [7, 11) is 1.50. The molecule has 1 N–H and O–H groups in total. The highest BCUT2D eigenvalue weighted by molar-refractivity contribution is 6.31. The van der Waals surface area contributed by atoms with Gasteiger partial charge in [0, 0.05) is 17.0 Å². The Balaban J connectivity index is 1.53. The first-order chi connectivity index (χ1) is 17.0. The van der Waals surface area contributed by atoms with Crippen molar-refractivity contribution >= 4 is 29.0 Å². The molecule has 1 heterocycles. The van der Waals surface area contributed by atoms with E-state index in [1.54, 1.807) is 48.5 Å². The van der Waals surface area contributed by atoms with Crippen molar-refractivity contribution in [3.05, 3.63) is 82.6 Å². The van der Waals surface area contributed by atoms with Crippen LogP contribution in [-0.4, -0.2) is 36.1 Å². The van der Waals surface area contributed by atoms with Crippen molar-refractivity contribution in [2.45, 2.75) is 31.5 Å². The molecule has 1 aliphatic rings. The molecule has 4 rings (SSSR count). The number of hydrogen-bond acceptors (Lipinski definition) is 4. The zero-order chi connectivity index (χ0) is 26.0. The number of nitrogens with zero attached hydrogens (tertiary/aromatic N) is 2. The molecule has 0 bridgehead atoms. The van der Waals surface area contributed by atoms with Crippen molar-refractivity contribution in [1.29, 1.82) is 0 Å². The third-order valence-electron chi connectivity index (χ3n) is 5.87. The first-order valence-electron chi connectivity index (χ1n) is 10.9. The van der Waals surface area contributed by atoms with Gasteiger partial charge in [-0.1, -0.05) is 35.9 Å². The van der Waals surface area contributed by atoms with Crippen LogP contribution in [0.3, 0.4) is 0 Å². The number of carboxylic acids is 1. The number of alkyl halides is 3. The third-order valence-corrected chi connectivity index (χ3v) is 6.23. The maximum atomic E-state index is 14.3. The highest BCUT2D eigenvalue weighted by atomic mass is 35.5. The quantitative estimate of drug-likeness (QED) is 0.351. The van der Waals surface area contributed by atoms with Crippen LogP contribution in [0.5, 0.6) is 5.75 Å². The molecule has 0 aromatic heterocycles. The third kappa shape index (κ3) is 5.62. The lowest BCUT2D eigenvalue weighted by molar-refractivity contribution is -0.137. The average Bonchev–Trinajstić information content (AvgIpc) is 3.25. The number of methoxy groups -OCH3 is 1. The number of rotatable bonds is 7. The van der Waals surface area contributed by atoms with E-state index >= 15 is 0 Å². The van der Waals surface area contributed by atoms with E-state index in [4.69, 9.17) is 21.4 Å². The molecule has 36 heavy (non-hydrogen) atoms. The number of hydrogen-bond donors (Lipinski definition) is 1. The predicted molar refractivity (Wildman–Crippen MR) is 129 cm³/mol. The number of aliphatic carboxylic acids is 1. The first-order valence-corrected chi connectivity index (χ1v) is 11.3. The van der Waals surface area contributed by atoms with Crippen molar-refractivity contribution in [3.63, 3.8) is 0 Å². The second kappa shape index (κ2) is 10.2. The topological polar surface area (TPSA) is 62.1 Å². The summed E-state index contributed by atoms with van der Waals surface area (Å²) in [6.07, 6.45) is -5.16. The molecule has 5 nitrogen and oxygen atoms in total. The zero-order valence-corrected chi connectivity index (χ0v) is 19.8. The summed E-state index contributed by atoms with van der Waals surface area (Å²) in [5.74, 6) is -1.09. The number of benzene rings is 3. The molecule has 0 aliphatic carbocycles. The largest absolute Gasteiger partial charge is 0.497 e. The van der Waals surface area contributed by atoms with Crippen LogP contribution < -0.4 is 9.75 Å². The molecular formula is C26H21ClF4N2O3. The fourth-order valence-electron chi connectivity index (χ4n) is 4.06. The average molecular weight is 521 g/mol. The molecule has 0 amide bonds. The molecule has 3 aromatic rings. The molecule has 0 saturated carbocycles. The van der Waals surface area contributed by atoms with Crippen molar-refractivity contribution in [1.82, 2.24) is 0 Å². The molecule has 0 fully saturated rings. The van der Waals surface area contributed by atoms with E-state index in [-0.39, 0.29) is 0 Å². The Morgan fingerprint density at radius 3 is 2.47 bits per heavy atom. The highest BCUT2D eigenvalue weighted by Crippen LogP contribution is 2.34. The second-order valence-corrected chi connectivity index (χ2v) is 8.75. The minimum absolute atomic E-state index is 0.354. The lowest BCUT2D eigenvalue weighted by Gasteiger charge is -2.22. The Bertz CT molecular complexity index is 1310. The summed E-state index contributed by atoms with van der Waals surface area (Å²) in [6.45, 7) is 0. The molecule has 0 saturated heterocycles. The van der Waals surface area contributed by atoms with Crippen LogP contribution >= 0.6 is 11.6 Å². The predicted octanol–water partition coefficient (Wildman–Crippen LogP) is 6.72. The van der Waals surface area contributed by atoms with Gasteiger partial charge < -0.3 is 9.84 Å². The van der Waals surface area contributed by atoms with Gasteiger partial charge in [0.1, 0.15) is 17.3 Å². The van der Waals surface area contributed by atoms with Gasteiger partial charge in [-0.15, -0.1) is 0 Å². The van der Waals surface area contributed by atoms with Crippen LogP contribution in [0.25, 0.3) is 11.1 Å². The minimum Gasteiger partial charge on any atom is -0.497 e. The number of ether oxygens (including phenoxy) is 1. The number of carbonyl (C=O) groups is 1. The van der Waals surface area contributed by atoms with Gasteiger partial charge in [-0.25, -0.2) is 4.39 Å². The Morgan fingerprint density at radius 1 is 1.14 bits per heavy atom. The number of carboxylic acid groups (broad SMARTS) is 1. The van der Waals surface area contributed by atoms with Crippen molar-refractivity contribution < 1.29 is 32.2 Å². The Hall–Kier alpha value is -3.59. The van der Waals surface area contributed by atoms with E-state index in [1.165, 1.54) is 19.2 Å². The molecule has 10 heteroatoms. The molecule has 1 aliphatic heterocycles. The molecule has 1 atom stereocenters. The van der Waals surface area contributed by atoms with E-state index in [9.17, 15) is 22.4 Å². The Morgan fingerprint density at radius 2 is 1.86 bits per heavy atom. The number of anilines is 1. The molecule has 0 radical (unpaired) electrons. The Labute approximate surface area is 209 Å². The normalized spacial score (nSPS) is 15.7. The highest BCUT2D eigenvalue weighted by Gasteiger charge is 2.43. The summed E-state index contributed by atoms with van der Waals surface area (Å²) in [5.41, 5.74) is 1.91. The summed E-state index contributed by atoms with van der Waals surface area (Å²) in [5, 5.41) is 14.3. The van der Waals surface area contributed by atoms with Gasteiger partial charge in [-0.05, 0) is 59.5 Å². The smallest absolute Gasteiger partial charge is 0.431 e. The summed E-state index contributed by atoms with van der Waals surface area (Å²) in [4.78, 5) is 11.1. The lowest BCUT2D eigenvalue weighted by atomic mass is 9.99. The summed E-state index contributed by atoms with van der Waals surface area (Å²) in [6, 6.07) is 15.3. The van der Waals surface area contributed by atoms with Gasteiger partial charge in [0.15, 0.2) is 0 Å². The lowest BCUT2D eigenvalue weighted by Crippen LogP contribution is -2.29. The zero-order valence-electron chi connectivity index (χ0n) is 19.0. The van der Waals surface area contributed by atoms with Gasteiger partial charge in [0.2, 0.25) is 0 Å². The fraction of sp³-hybridized carbons (Fsp3) is 0.231. The van der Waals surface area contributed by atoms with Gasteiger partial charge in [-0.2, -0.15) is 18.3 Å². The van der Waals surface area contributed by atoms with E-state index in [2.05, 4.69) is 5.10 Å². The van der Waals surface area contributed by atoms with Crippen molar-refractivity contribution in [2.75, 3.05) is 12.1 Å². The molecule has 1 unspecified atom stereocenters. The molecular weight excluding hydrogens is 500 g/mol. The SMILES string of the molecule is COc1ccc(F)c(-c2ccc(Cc3ccc(N4N=C(C(F)(F)F)CC4CC(=O)O)cc3)c(Cl)c2)c1. The molecule has 188 valence electrons. The van der Waals surface area contributed by atoms with Crippen molar-refractivity contribution in [2.24, 2.45) is 5.10 Å². The first kappa shape index (κ1) is 25.5. The minimum atomic E-state index is -4.62.